The minimum absolute atomic E-state index is 0.0845. The Labute approximate surface area is 180 Å². The van der Waals surface area contributed by atoms with E-state index in [4.69, 9.17) is 9.15 Å². The van der Waals surface area contributed by atoms with Gasteiger partial charge in [0.1, 0.15) is 11.5 Å². The Hall–Kier alpha value is -3.00. The van der Waals surface area contributed by atoms with Crippen LogP contribution in [0.1, 0.15) is 19.6 Å². The Morgan fingerprint density at radius 1 is 1.30 bits per heavy atom. The van der Waals surface area contributed by atoms with E-state index in [1.807, 2.05) is 55.7 Å². The van der Waals surface area contributed by atoms with Crippen LogP contribution in [0.25, 0.3) is 11.4 Å². The van der Waals surface area contributed by atoms with E-state index in [-0.39, 0.29) is 17.1 Å². The van der Waals surface area contributed by atoms with Gasteiger partial charge in [0.15, 0.2) is 11.0 Å². The van der Waals surface area contributed by atoms with E-state index in [1.54, 1.807) is 19.4 Å². The van der Waals surface area contributed by atoms with E-state index in [2.05, 4.69) is 22.1 Å². The summed E-state index contributed by atoms with van der Waals surface area (Å²) in [5.74, 6) is 2.20. The molecule has 0 bridgehead atoms. The summed E-state index contributed by atoms with van der Waals surface area (Å²) >= 11 is 1.40. The first-order valence-electron chi connectivity index (χ1n) is 9.64. The monoisotopic (exact) mass is 426 g/mol. The van der Waals surface area contributed by atoms with Crippen LogP contribution in [-0.4, -0.2) is 33.0 Å². The summed E-state index contributed by atoms with van der Waals surface area (Å²) in [5.41, 5.74) is 1.59. The van der Waals surface area contributed by atoms with Gasteiger partial charge in [-0.1, -0.05) is 31.7 Å². The molecule has 0 aliphatic carbocycles. The lowest BCUT2D eigenvalue weighted by atomic mass is 10.1. The predicted octanol–water partition coefficient (Wildman–Crippen LogP) is 4.80. The predicted molar refractivity (Wildman–Crippen MR) is 119 cm³/mol. The second-order valence-electron chi connectivity index (χ2n) is 7.10. The van der Waals surface area contributed by atoms with Crippen LogP contribution in [0, 0.1) is 12.8 Å². The van der Waals surface area contributed by atoms with Crippen molar-refractivity contribution in [1.82, 2.24) is 14.8 Å². The van der Waals surface area contributed by atoms with Gasteiger partial charge in [-0.3, -0.25) is 9.36 Å². The zero-order chi connectivity index (χ0) is 21.7. The first-order valence-corrected chi connectivity index (χ1v) is 10.5. The van der Waals surface area contributed by atoms with Gasteiger partial charge in [0.2, 0.25) is 5.91 Å². The molecule has 1 unspecified atom stereocenters. The lowest BCUT2D eigenvalue weighted by molar-refractivity contribution is -0.116. The number of thioether (sulfide) groups is 1. The molecule has 30 heavy (non-hydrogen) atoms. The number of rotatable bonds is 9. The summed E-state index contributed by atoms with van der Waals surface area (Å²) in [6, 6.07) is 9.13. The van der Waals surface area contributed by atoms with E-state index in [1.165, 1.54) is 11.8 Å². The number of hydrogen-bond acceptors (Lipinski definition) is 6. The summed E-state index contributed by atoms with van der Waals surface area (Å²) in [6.07, 6.45) is 3.41. The van der Waals surface area contributed by atoms with Crippen molar-refractivity contribution in [2.75, 3.05) is 12.4 Å². The third kappa shape index (κ3) is 4.76. The molecule has 3 rings (SSSR count). The largest absolute Gasteiger partial charge is 0.497 e. The number of ether oxygens (including phenoxy) is 1. The fourth-order valence-electron chi connectivity index (χ4n) is 2.98. The maximum absolute atomic E-state index is 13.0. The number of furan rings is 1. The number of aryl methyl sites for hydroxylation is 1. The molecule has 1 N–H and O–H groups in total. The minimum Gasteiger partial charge on any atom is -0.497 e. The number of hydrogen-bond donors (Lipinski definition) is 1. The Bertz CT molecular complexity index is 1010. The van der Waals surface area contributed by atoms with Crippen LogP contribution in [0.15, 0.2) is 58.8 Å². The fraction of sp³-hybridized carbons (Fsp3) is 0.318. The Kier molecular flexibility index (Phi) is 6.99. The van der Waals surface area contributed by atoms with Gasteiger partial charge in [-0.15, -0.1) is 16.8 Å². The third-order valence-electron chi connectivity index (χ3n) is 4.58. The molecule has 2 heterocycles. The van der Waals surface area contributed by atoms with E-state index in [0.717, 1.165) is 17.1 Å². The molecule has 0 saturated heterocycles. The SMILES string of the molecule is C=CCn1c(SC(C(=O)Nc2ccc(OC)cc2)C(C)C)nnc1-c1ccoc1C. The fourth-order valence-corrected chi connectivity index (χ4v) is 4.02. The van der Waals surface area contributed by atoms with Gasteiger partial charge in [0.05, 0.1) is 24.2 Å². The summed E-state index contributed by atoms with van der Waals surface area (Å²) in [5, 5.41) is 12.0. The van der Waals surface area contributed by atoms with E-state index in [9.17, 15) is 4.79 Å². The van der Waals surface area contributed by atoms with Crippen molar-refractivity contribution < 1.29 is 13.9 Å². The Morgan fingerprint density at radius 3 is 2.60 bits per heavy atom. The average Bonchev–Trinajstić information content (AvgIpc) is 3.32. The molecule has 1 amide bonds. The second kappa shape index (κ2) is 9.67. The quantitative estimate of drug-likeness (QED) is 0.391. The number of carbonyl (C=O) groups is 1. The van der Waals surface area contributed by atoms with Gasteiger partial charge in [-0.05, 0) is 43.2 Å². The first-order chi connectivity index (χ1) is 14.4. The maximum atomic E-state index is 13.0. The lowest BCUT2D eigenvalue weighted by Gasteiger charge is -2.20. The van der Waals surface area contributed by atoms with Crippen LogP contribution >= 0.6 is 11.8 Å². The van der Waals surface area contributed by atoms with Crippen LogP contribution in [0.4, 0.5) is 5.69 Å². The summed E-state index contributed by atoms with van der Waals surface area (Å²) in [7, 11) is 1.61. The van der Waals surface area contributed by atoms with Crippen LogP contribution in [0.2, 0.25) is 0 Å². The van der Waals surface area contributed by atoms with E-state index < -0.39 is 0 Å². The van der Waals surface area contributed by atoms with Crippen molar-refractivity contribution in [1.29, 1.82) is 0 Å². The van der Waals surface area contributed by atoms with Crippen LogP contribution in [0.5, 0.6) is 5.75 Å². The molecule has 0 radical (unpaired) electrons. The number of carbonyl (C=O) groups excluding carboxylic acids is 1. The highest BCUT2D eigenvalue weighted by Gasteiger charge is 2.27. The molecule has 1 atom stereocenters. The van der Waals surface area contributed by atoms with Gasteiger partial charge < -0.3 is 14.5 Å². The number of aromatic nitrogens is 3. The average molecular weight is 427 g/mol. The maximum Gasteiger partial charge on any atom is 0.238 e. The molecule has 8 heteroatoms. The van der Waals surface area contributed by atoms with Crippen molar-refractivity contribution in [3.05, 3.63) is 55.0 Å². The zero-order valence-electron chi connectivity index (χ0n) is 17.6. The molecule has 2 aromatic heterocycles. The molecule has 7 nitrogen and oxygen atoms in total. The van der Waals surface area contributed by atoms with Crippen molar-refractivity contribution >= 4 is 23.4 Å². The van der Waals surface area contributed by atoms with Gasteiger partial charge >= 0.3 is 0 Å². The Balaban J connectivity index is 1.83. The summed E-state index contributed by atoms with van der Waals surface area (Å²) in [6.45, 7) is 10.3. The highest BCUT2D eigenvalue weighted by Crippen LogP contribution is 2.32. The molecule has 0 saturated carbocycles. The van der Waals surface area contributed by atoms with Crippen LogP contribution in [-0.2, 0) is 11.3 Å². The molecule has 0 aliphatic rings. The smallest absolute Gasteiger partial charge is 0.238 e. The van der Waals surface area contributed by atoms with Crippen LogP contribution in [0.3, 0.4) is 0 Å². The van der Waals surface area contributed by atoms with Crippen molar-refractivity contribution in [2.45, 2.75) is 37.7 Å². The van der Waals surface area contributed by atoms with Gasteiger partial charge in [-0.25, -0.2) is 0 Å². The number of allylic oxidation sites excluding steroid dienone is 1. The van der Waals surface area contributed by atoms with Gasteiger partial charge in [0.25, 0.3) is 0 Å². The van der Waals surface area contributed by atoms with Crippen molar-refractivity contribution in [2.24, 2.45) is 5.92 Å². The Morgan fingerprint density at radius 2 is 2.03 bits per heavy atom. The van der Waals surface area contributed by atoms with E-state index >= 15 is 0 Å². The lowest BCUT2D eigenvalue weighted by Crippen LogP contribution is -2.30. The number of nitrogens with one attached hydrogen (secondary N) is 1. The highest BCUT2D eigenvalue weighted by atomic mass is 32.2. The molecule has 0 aliphatic heterocycles. The van der Waals surface area contributed by atoms with Crippen LogP contribution < -0.4 is 10.1 Å². The molecular weight excluding hydrogens is 400 g/mol. The molecule has 0 fully saturated rings. The zero-order valence-corrected chi connectivity index (χ0v) is 18.4. The minimum atomic E-state index is -0.349. The molecular formula is C22H26N4O3S. The number of amides is 1. The molecule has 3 aromatic rings. The van der Waals surface area contributed by atoms with E-state index in [0.29, 0.717) is 23.2 Å². The van der Waals surface area contributed by atoms with Gasteiger partial charge in [-0.2, -0.15) is 0 Å². The van der Waals surface area contributed by atoms with Crippen molar-refractivity contribution in [3.63, 3.8) is 0 Å². The summed E-state index contributed by atoms with van der Waals surface area (Å²) < 4.78 is 12.5. The number of anilines is 1. The molecule has 158 valence electrons. The summed E-state index contributed by atoms with van der Waals surface area (Å²) in [4.78, 5) is 13.0. The third-order valence-corrected chi connectivity index (χ3v) is 6.11. The first kappa shape index (κ1) is 21.7. The highest BCUT2D eigenvalue weighted by molar-refractivity contribution is 8.00. The molecule has 0 spiro atoms. The topological polar surface area (TPSA) is 82.2 Å². The standard InChI is InChI=1S/C22H26N4O3S/c1-6-12-26-20(18-11-13-29-15(18)4)24-25-22(26)30-19(14(2)3)21(27)23-16-7-9-17(28-5)10-8-16/h6-11,13-14,19H,1,12H2,2-5H3,(H,23,27). The second-order valence-corrected chi connectivity index (χ2v) is 8.20. The number of methoxy groups -OCH3 is 1. The van der Waals surface area contributed by atoms with Gasteiger partial charge in [0, 0.05) is 12.2 Å². The number of benzene rings is 1. The normalized spacial score (nSPS) is 12.0. The molecule has 1 aromatic carbocycles. The van der Waals surface area contributed by atoms with Crippen molar-refractivity contribution in [3.8, 4) is 17.1 Å². The number of nitrogens with zero attached hydrogens (tertiary/aromatic N) is 3.